The van der Waals surface area contributed by atoms with Gasteiger partial charge in [-0.25, -0.2) is 0 Å². The number of benzene rings is 3. The maximum absolute atomic E-state index is 12.6. The molecule has 132 valence electrons. The van der Waals surface area contributed by atoms with Crippen LogP contribution in [0.25, 0.3) is 0 Å². The molecule has 0 bridgehead atoms. The second kappa shape index (κ2) is 8.88. The molecule has 0 radical (unpaired) electrons. The van der Waals surface area contributed by atoms with E-state index in [2.05, 4.69) is 29.6 Å². The fourth-order valence-electron chi connectivity index (χ4n) is 2.97. The molecule has 3 aromatic carbocycles. The number of hydrogen-bond acceptors (Lipinski definition) is 1. The van der Waals surface area contributed by atoms with Crippen molar-refractivity contribution in [2.45, 2.75) is 18.9 Å². The van der Waals surface area contributed by atoms with Gasteiger partial charge in [-0.05, 0) is 34.9 Å². The normalized spacial score (nSPS) is 10.7. The molecule has 2 nitrogen and oxygen atoms in total. The maximum atomic E-state index is 12.6. The Kier molecular flexibility index (Phi) is 6.32. The third-order valence-corrected chi connectivity index (χ3v) is 4.64. The van der Waals surface area contributed by atoms with Crippen LogP contribution < -0.4 is 5.32 Å². The molecule has 0 saturated heterocycles. The number of rotatable bonds is 6. The molecule has 0 fully saturated rings. The van der Waals surface area contributed by atoms with Crippen molar-refractivity contribution < 1.29 is 4.79 Å². The highest BCUT2D eigenvalue weighted by molar-refractivity contribution is 6.34. The Bertz CT molecular complexity index is 806. The SMILES string of the molecule is O=C(CC(c1ccccc1)c1ccccc1)NCc1cc(Cl)cc(Cl)c1. The molecule has 4 heteroatoms. The van der Waals surface area contributed by atoms with Crippen LogP contribution in [0.4, 0.5) is 0 Å². The van der Waals surface area contributed by atoms with Crippen LogP contribution in [0.3, 0.4) is 0 Å². The predicted molar refractivity (Wildman–Crippen MR) is 108 cm³/mol. The van der Waals surface area contributed by atoms with Crippen LogP contribution in [-0.4, -0.2) is 5.91 Å². The first kappa shape index (κ1) is 18.5. The van der Waals surface area contributed by atoms with Gasteiger partial charge in [0.05, 0.1) is 0 Å². The molecule has 1 N–H and O–H groups in total. The Balaban J connectivity index is 1.71. The van der Waals surface area contributed by atoms with Crippen LogP contribution in [0.5, 0.6) is 0 Å². The molecule has 0 aromatic heterocycles. The van der Waals surface area contributed by atoms with Crippen LogP contribution in [0.15, 0.2) is 78.9 Å². The average Bonchev–Trinajstić information content (AvgIpc) is 2.65. The monoisotopic (exact) mass is 383 g/mol. The fourth-order valence-corrected chi connectivity index (χ4v) is 3.54. The van der Waals surface area contributed by atoms with Crippen molar-refractivity contribution in [2.24, 2.45) is 0 Å². The van der Waals surface area contributed by atoms with Crippen molar-refractivity contribution in [1.82, 2.24) is 5.32 Å². The molecule has 0 spiro atoms. The molecule has 26 heavy (non-hydrogen) atoms. The second-order valence-corrected chi connectivity index (χ2v) is 7.01. The van der Waals surface area contributed by atoms with Gasteiger partial charge in [0.2, 0.25) is 5.91 Å². The summed E-state index contributed by atoms with van der Waals surface area (Å²) in [5.74, 6) is -0.000784. The van der Waals surface area contributed by atoms with E-state index in [1.807, 2.05) is 36.4 Å². The van der Waals surface area contributed by atoms with E-state index in [0.717, 1.165) is 16.7 Å². The van der Waals surface area contributed by atoms with Gasteiger partial charge in [-0.15, -0.1) is 0 Å². The number of carbonyl (C=O) groups is 1. The molecule has 0 aliphatic carbocycles. The number of halogens is 2. The highest BCUT2D eigenvalue weighted by atomic mass is 35.5. The standard InChI is InChI=1S/C22H19Cl2NO/c23-19-11-16(12-20(24)13-19)15-25-22(26)14-21(17-7-3-1-4-8-17)18-9-5-2-6-10-18/h1-13,21H,14-15H2,(H,25,26). The lowest BCUT2D eigenvalue weighted by Crippen LogP contribution is -2.25. The minimum Gasteiger partial charge on any atom is -0.352 e. The van der Waals surface area contributed by atoms with E-state index in [1.54, 1.807) is 18.2 Å². The van der Waals surface area contributed by atoms with Gasteiger partial charge in [-0.3, -0.25) is 4.79 Å². The lowest BCUT2D eigenvalue weighted by Gasteiger charge is -2.18. The third kappa shape index (κ3) is 5.10. The van der Waals surface area contributed by atoms with Crippen molar-refractivity contribution in [2.75, 3.05) is 0 Å². The minimum absolute atomic E-state index is 0.0142. The molecule has 0 atom stereocenters. The van der Waals surface area contributed by atoms with E-state index < -0.39 is 0 Å². The zero-order chi connectivity index (χ0) is 18.4. The topological polar surface area (TPSA) is 29.1 Å². The highest BCUT2D eigenvalue weighted by Gasteiger charge is 2.17. The van der Waals surface area contributed by atoms with Crippen LogP contribution in [0.1, 0.15) is 29.0 Å². The van der Waals surface area contributed by atoms with Gasteiger partial charge in [-0.1, -0.05) is 83.9 Å². The third-order valence-electron chi connectivity index (χ3n) is 4.21. The zero-order valence-corrected chi connectivity index (χ0v) is 15.7. The van der Waals surface area contributed by atoms with Gasteiger partial charge in [0.25, 0.3) is 0 Å². The van der Waals surface area contributed by atoms with Crippen molar-refractivity contribution in [3.8, 4) is 0 Å². The molecule has 0 unspecified atom stereocenters. The van der Waals surface area contributed by atoms with Gasteiger partial charge in [-0.2, -0.15) is 0 Å². The van der Waals surface area contributed by atoms with E-state index >= 15 is 0 Å². The number of amides is 1. The highest BCUT2D eigenvalue weighted by Crippen LogP contribution is 2.28. The first-order valence-electron chi connectivity index (χ1n) is 8.43. The van der Waals surface area contributed by atoms with E-state index in [0.29, 0.717) is 23.0 Å². The maximum Gasteiger partial charge on any atom is 0.221 e. The molecule has 3 aromatic rings. The molecule has 3 rings (SSSR count). The first-order valence-corrected chi connectivity index (χ1v) is 9.19. The quantitative estimate of drug-likeness (QED) is 0.569. The second-order valence-electron chi connectivity index (χ2n) is 6.13. The van der Waals surface area contributed by atoms with E-state index in [9.17, 15) is 4.79 Å². The summed E-state index contributed by atoms with van der Waals surface area (Å²) >= 11 is 12.0. The fraction of sp³-hybridized carbons (Fsp3) is 0.136. The molecule has 0 saturated carbocycles. The largest absolute Gasteiger partial charge is 0.352 e. The van der Waals surface area contributed by atoms with Crippen LogP contribution in [-0.2, 0) is 11.3 Å². The van der Waals surface area contributed by atoms with E-state index in [-0.39, 0.29) is 11.8 Å². The van der Waals surface area contributed by atoms with Crippen molar-refractivity contribution >= 4 is 29.1 Å². The van der Waals surface area contributed by atoms with Gasteiger partial charge in [0, 0.05) is 28.9 Å². The first-order chi connectivity index (χ1) is 12.6. The summed E-state index contributed by atoms with van der Waals surface area (Å²) < 4.78 is 0. The average molecular weight is 384 g/mol. The zero-order valence-electron chi connectivity index (χ0n) is 14.2. The van der Waals surface area contributed by atoms with Gasteiger partial charge < -0.3 is 5.32 Å². The molecule has 1 amide bonds. The Morgan fingerprint density at radius 3 is 1.81 bits per heavy atom. The van der Waals surface area contributed by atoms with Gasteiger partial charge in [0.1, 0.15) is 0 Å². The lowest BCUT2D eigenvalue weighted by molar-refractivity contribution is -0.121. The van der Waals surface area contributed by atoms with Crippen LogP contribution in [0.2, 0.25) is 10.0 Å². The van der Waals surface area contributed by atoms with Gasteiger partial charge in [0.15, 0.2) is 0 Å². The Morgan fingerprint density at radius 2 is 1.31 bits per heavy atom. The summed E-state index contributed by atoms with van der Waals surface area (Å²) in [5.41, 5.74) is 3.13. The number of carbonyl (C=O) groups excluding carboxylic acids is 1. The summed E-state index contributed by atoms with van der Waals surface area (Å²) in [6, 6.07) is 25.5. The Labute approximate surface area is 163 Å². The van der Waals surface area contributed by atoms with Crippen LogP contribution >= 0.6 is 23.2 Å². The summed E-state index contributed by atoms with van der Waals surface area (Å²) in [5, 5.41) is 4.09. The predicted octanol–water partition coefficient (Wildman–Crippen LogP) is 5.83. The minimum atomic E-state index is -0.0150. The molecule has 0 aliphatic rings. The molecular formula is C22H19Cl2NO. The molecular weight excluding hydrogens is 365 g/mol. The smallest absolute Gasteiger partial charge is 0.221 e. The van der Waals surface area contributed by atoms with Gasteiger partial charge >= 0.3 is 0 Å². The summed E-state index contributed by atoms with van der Waals surface area (Å²) in [6.45, 7) is 0.398. The van der Waals surface area contributed by atoms with Crippen molar-refractivity contribution in [3.63, 3.8) is 0 Å². The molecule has 0 heterocycles. The number of nitrogens with one attached hydrogen (secondary N) is 1. The van der Waals surface area contributed by atoms with E-state index in [4.69, 9.17) is 23.2 Å². The van der Waals surface area contributed by atoms with E-state index in [1.165, 1.54) is 0 Å². The Hall–Kier alpha value is -2.29. The number of hydrogen-bond donors (Lipinski definition) is 1. The lowest BCUT2D eigenvalue weighted by atomic mass is 9.88. The van der Waals surface area contributed by atoms with Crippen molar-refractivity contribution in [3.05, 3.63) is 106 Å². The Morgan fingerprint density at radius 1 is 0.808 bits per heavy atom. The van der Waals surface area contributed by atoms with Crippen LogP contribution in [0, 0.1) is 0 Å². The summed E-state index contributed by atoms with van der Waals surface area (Å²) in [4.78, 5) is 12.6. The summed E-state index contributed by atoms with van der Waals surface area (Å²) in [7, 11) is 0. The summed E-state index contributed by atoms with van der Waals surface area (Å²) in [6.07, 6.45) is 0.377. The molecule has 0 aliphatic heterocycles. The van der Waals surface area contributed by atoms with Crippen molar-refractivity contribution in [1.29, 1.82) is 0 Å².